The SMILES string of the molecule is CC12CC[C@@H]3c4ccc(OCc5c(F)c(F)c(COC6CCCCO6)c(F)c5F)cc4CCC3[C@@H]1CC[C@@H]2OCCCO. The van der Waals surface area contributed by atoms with Gasteiger partial charge in [0.05, 0.1) is 23.8 Å². The summed E-state index contributed by atoms with van der Waals surface area (Å²) in [6, 6.07) is 5.75. The van der Waals surface area contributed by atoms with Crippen molar-refractivity contribution in [1.29, 1.82) is 0 Å². The quantitative estimate of drug-likeness (QED) is 0.173. The van der Waals surface area contributed by atoms with Crippen molar-refractivity contribution in [2.75, 3.05) is 19.8 Å². The van der Waals surface area contributed by atoms with Crippen LogP contribution in [0, 0.1) is 40.5 Å². The smallest absolute Gasteiger partial charge is 0.168 e. The highest BCUT2D eigenvalue weighted by Gasteiger charge is 2.55. The largest absolute Gasteiger partial charge is 0.489 e. The van der Waals surface area contributed by atoms with Crippen LogP contribution in [0.4, 0.5) is 17.6 Å². The van der Waals surface area contributed by atoms with Crippen LogP contribution >= 0.6 is 0 Å². The molecule has 6 rings (SSSR count). The molecule has 0 spiro atoms. The normalized spacial score (nSPS) is 30.0. The van der Waals surface area contributed by atoms with E-state index >= 15 is 0 Å². The van der Waals surface area contributed by atoms with Crippen LogP contribution in [0.3, 0.4) is 0 Å². The van der Waals surface area contributed by atoms with E-state index < -0.39 is 53.9 Å². The summed E-state index contributed by atoms with van der Waals surface area (Å²) in [6.45, 7) is 2.34. The van der Waals surface area contributed by atoms with Crippen molar-refractivity contribution in [1.82, 2.24) is 0 Å². The third-order valence-corrected chi connectivity index (χ3v) is 10.6. The fraction of sp³-hybridized carbons (Fsp3) is 0.647. The summed E-state index contributed by atoms with van der Waals surface area (Å²) in [7, 11) is 0. The number of fused-ring (bicyclic) bond motifs is 5. The van der Waals surface area contributed by atoms with Gasteiger partial charge in [0.2, 0.25) is 0 Å². The summed E-state index contributed by atoms with van der Waals surface area (Å²) in [5, 5.41) is 9.15. The zero-order chi connectivity index (χ0) is 30.1. The number of benzene rings is 2. The number of aliphatic hydroxyl groups is 1. The number of aryl methyl sites for hydroxylation is 1. The van der Waals surface area contributed by atoms with Crippen molar-refractivity contribution >= 4 is 0 Å². The molecule has 3 fully saturated rings. The second-order valence-electron chi connectivity index (χ2n) is 12.9. The van der Waals surface area contributed by atoms with Crippen LogP contribution in [0.25, 0.3) is 0 Å². The van der Waals surface area contributed by atoms with Gasteiger partial charge in [0.15, 0.2) is 29.6 Å². The molecule has 3 unspecified atom stereocenters. The Morgan fingerprint density at radius 1 is 0.907 bits per heavy atom. The maximum absolute atomic E-state index is 14.9. The maximum Gasteiger partial charge on any atom is 0.168 e. The molecule has 2 saturated carbocycles. The van der Waals surface area contributed by atoms with Gasteiger partial charge in [-0.3, -0.25) is 0 Å². The van der Waals surface area contributed by atoms with E-state index in [9.17, 15) is 17.6 Å². The van der Waals surface area contributed by atoms with Crippen molar-refractivity contribution in [3.05, 3.63) is 63.7 Å². The Morgan fingerprint density at radius 2 is 1.67 bits per heavy atom. The number of rotatable bonds is 10. The van der Waals surface area contributed by atoms with Crippen molar-refractivity contribution < 1.29 is 41.6 Å². The summed E-state index contributed by atoms with van der Waals surface area (Å²) in [5.74, 6) is -3.85. The summed E-state index contributed by atoms with van der Waals surface area (Å²) in [6.07, 6.45) is 8.85. The zero-order valence-electron chi connectivity index (χ0n) is 24.8. The van der Waals surface area contributed by atoms with Crippen LogP contribution in [0.5, 0.6) is 5.75 Å². The standard InChI is InChI=1S/C34H42F4O5/c1-34-13-12-23-22-9-7-21(17-20(22)6-8-24(23)27(34)10-11-28(34)40-16-4-14-39)42-18-25-30(35)32(37)26(33(38)31(25)36)19-43-29-5-2-3-15-41-29/h7,9,17,23-24,27-29,39H,2-6,8,10-16,18-19H2,1H3/t23-,24?,27+,28+,29?,34?/m1/s1. The molecule has 3 aliphatic carbocycles. The highest BCUT2D eigenvalue weighted by atomic mass is 19.2. The summed E-state index contributed by atoms with van der Waals surface area (Å²) >= 11 is 0. The van der Waals surface area contributed by atoms with Crippen molar-refractivity contribution in [2.24, 2.45) is 17.3 Å². The Hall–Kier alpha value is -2.20. The van der Waals surface area contributed by atoms with Crippen LogP contribution < -0.4 is 4.74 Å². The monoisotopic (exact) mass is 606 g/mol. The van der Waals surface area contributed by atoms with E-state index in [1.165, 1.54) is 5.56 Å². The van der Waals surface area contributed by atoms with Crippen LogP contribution in [0.2, 0.25) is 0 Å². The first kappa shape index (κ1) is 30.8. The molecule has 236 valence electrons. The fourth-order valence-electron chi connectivity index (χ4n) is 8.31. The lowest BCUT2D eigenvalue weighted by molar-refractivity contribution is -0.169. The lowest BCUT2D eigenvalue weighted by Crippen LogP contribution is -2.44. The van der Waals surface area contributed by atoms with Gasteiger partial charge in [0.1, 0.15) is 12.4 Å². The van der Waals surface area contributed by atoms with Crippen molar-refractivity contribution in [3.8, 4) is 5.75 Å². The van der Waals surface area contributed by atoms with E-state index in [4.69, 9.17) is 24.1 Å². The molecule has 2 aromatic carbocycles. The lowest BCUT2D eigenvalue weighted by atomic mass is 9.55. The third kappa shape index (κ3) is 5.95. The molecule has 2 aromatic rings. The summed E-state index contributed by atoms with van der Waals surface area (Å²) in [4.78, 5) is 0. The van der Waals surface area contributed by atoms with Crippen LogP contribution in [0.15, 0.2) is 18.2 Å². The van der Waals surface area contributed by atoms with Crippen LogP contribution in [0.1, 0.15) is 92.9 Å². The number of hydrogen-bond acceptors (Lipinski definition) is 5. The average Bonchev–Trinajstić information content (AvgIpc) is 3.36. The van der Waals surface area contributed by atoms with E-state index in [1.54, 1.807) is 6.07 Å². The Balaban J connectivity index is 1.12. The average molecular weight is 607 g/mol. The number of aliphatic hydroxyl groups excluding tert-OH is 1. The third-order valence-electron chi connectivity index (χ3n) is 10.6. The van der Waals surface area contributed by atoms with Gasteiger partial charge in [0.25, 0.3) is 0 Å². The van der Waals surface area contributed by atoms with Gasteiger partial charge in [-0.25, -0.2) is 17.6 Å². The molecule has 1 saturated heterocycles. The second kappa shape index (κ2) is 13.0. The molecule has 6 atom stereocenters. The van der Waals surface area contributed by atoms with Gasteiger partial charge in [-0.15, -0.1) is 0 Å². The Kier molecular flexibility index (Phi) is 9.34. The van der Waals surface area contributed by atoms with Gasteiger partial charge >= 0.3 is 0 Å². The fourth-order valence-corrected chi connectivity index (χ4v) is 8.31. The lowest BCUT2D eigenvalue weighted by Gasteiger charge is -2.50. The highest BCUT2D eigenvalue weighted by molar-refractivity contribution is 5.41. The molecule has 1 aliphatic heterocycles. The van der Waals surface area contributed by atoms with E-state index in [0.717, 1.165) is 56.9 Å². The maximum atomic E-state index is 14.9. The zero-order valence-corrected chi connectivity index (χ0v) is 24.8. The van der Waals surface area contributed by atoms with Gasteiger partial charge in [-0.2, -0.15) is 0 Å². The van der Waals surface area contributed by atoms with Crippen LogP contribution in [-0.2, 0) is 33.8 Å². The number of hydrogen-bond donors (Lipinski definition) is 1. The Morgan fingerprint density at radius 3 is 2.40 bits per heavy atom. The molecule has 4 aliphatic rings. The minimum Gasteiger partial charge on any atom is -0.489 e. The predicted molar refractivity (Wildman–Crippen MR) is 151 cm³/mol. The van der Waals surface area contributed by atoms with E-state index in [1.807, 2.05) is 6.07 Å². The van der Waals surface area contributed by atoms with Gasteiger partial charge in [-0.1, -0.05) is 13.0 Å². The van der Waals surface area contributed by atoms with Gasteiger partial charge in [0, 0.05) is 19.8 Å². The molecular formula is C34H42F4O5. The molecular weight excluding hydrogens is 564 g/mol. The molecule has 0 bridgehead atoms. The molecule has 0 radical (unpaired) electrons. The molecule has 0 aromatic heterocycles. The minimum atomic E-state index is -1.47. The molecule has 0 amide bonds. The van der Waals surface area contributed by atoms with Gasteiger partial charge < -0.3 is 24.1 Å². The van der Waals surface area contributed by atoms with Crippen LogP contribution in [-0.4, -0.2) is 37.3 Å². The molecule has 1 N–H and O–H groups in total. The molecule has 9 heteroatoms. The topological polar surface area (TPSA) is 57.2 Å². The number of halogens is 4. The van der Waals surface area contributed by atoms with E-state index in [2.05, 4.69) is 13.0 Å². The predicted octanol–water partition coefficient (Wildman–Crippen LogP) is 7.49. The first-order valence-corrected chi connectivity index (χ1v) is 15.9. The van der Waals surface area contributed by atoms with Gasteiger partial charge in [-0.05, 0) is 111 Å². The first-order valence-electron chi connectivity index (χ1n) is 15.9. The second-order valence-corrected chi connectivity index (χ2v) is 12.9. The summed E-state index contributed by atoms with van der Waals surface area (Å²) < 4.78 is 82.1. The van der Waals surface area contributed by atoms with E-state index in [0.29, 0.717) is 49.6 Å². The Labute approximate surface area is 250 Å². The molecule has 43 heavy (non-hydrogen) atoms. The van der Waals surface area contributed by atoms with Crippen molar-refractivity contribution in [3.63, 3.8) is 0 Å². The molecule has 5 nitrogen and oxygen atoms in total. The summed E-state index contributed by atoms with van der Waals surface area (Å²) in [5.41, 5.74) is 1.04. The molecule has 1 heterocycles. The Bertz CT molecular complexity index is 1270. The van der Waals surface area contributed by atoms with Crippen molar-refractivity contribution in [2.45, 2.75) is 103 Å². The highest BCUT2D eigenvalue weighted by Crippen LogP contribution is 2.61. The van der Waals surface area contributed by atoms with E-state index in [-0.39, 0.29) is 18.1 Å². The minimum absolute atomic E-state index is 0.149. The first-order chi connectivity index (χ1) is 20.8. The number of ether oxygens (including phenoxy) is 4.